The molecular weight excluding hydrogens is 262 g/mol. The molecule has 1 aromatic rings. The smallest absolute Gasteiger partial charge is 0.0842 e. The summed E-state index contributed by atoms with van der Waals surface area (Å²) in [5, 5.41) is 3.69. The summed E-state index contributed by atoms with van der Waals surface area (Å²) in [5.74, 6) is 0.719. The Hall–Kier alpha value is -0.900. The van der Waals surface area contributed by atoms with Gasteiger partial charge in [-0.2, -0.15) is 0 Å². The van der Waals surface area contributed by atoms with Crippen molar-refractivity contribution in [2.24, 2.45) is 5.92 Å². The molecule has 2 aliphatic rings. The maximum Gasteiger partial charge on any atom is 0.0842 e. The monoisotopic (exact) mass is 289 g/mol. The van der Waals surface area contributed by atoms with Crippen LogP contribution in [0.25, 0.3) is 0 Å². The first-order chi connectivity index (χ1) is 10.4. The first kappa shape index (κ1) is 15.0. The molecule has 2 unspecified atom stereocenters. The van der Waals surface area contributed by atoms with E-state index in [1.807, 2.05) is 0 Å². The average Bonchev–Trinajstić information content (AvgIpc) is 2.55. The molecule has 2 atom stereocenters. The Bertz CT molecular complexity index is 443. The number of benzene rings is 1. The minimum atomic E-state index is 0.252. The molecule has 1 N–H and O–H groups in total. The Balaban J connectivity index is 1.71. The average molecular weight is 289 g/mol. The lowest BCUT2D eigenvalue weighted by atomic mass is 9.85. The molecule has 0 radical (unpaired) electrons. The Morgan fingerprint density at radius 1 is 1.19 bits per heavy atom. The fourth-order valence-electron chi connectivity index (χ4n) is 3.73. The Morgan fingerprint density at radius 3 is 2.81 bits per heavy atom. The van der Waals surface area contributed by atoms with E-state index in [9.17, 15) is 0 Å². The first-order valence-corrected chi connectivity index (χ1v) is 8.39. The van der Waals surface area contributed by atoms with E-state index in [0.717, 1.165) is 45.1 Å². The van der Waals surface area contributed by atoms with Crippen molar-refractivity contribution in [3.8, 4) is 0 Å². The maximum atomic E-state index is 6.10. The van der Waals surface area contributed by atoms with E-state index in [4.69, 9.17) is 9.47 Å². The second-order valence-corrected chi connectivity index (χ2v) is 6.16. The highest BCUT2D eigenvalue weighted by molar-refractivity contribution is 5.31. The van der Waals surface area contributed by atoms with Crippen LogP contribution in [0.2, 0.25) is 0 Å². The highest BCUT2D eigenvalue weighted by atomic mass is 16.5. The highest BCUT2D eigenvalue weighted by Gasteiger charge is 2.29. The fraction of sp³-hybridized carbons (Fsp3) is 0.667. The molecule has 2 aliphatic heterocycles. The van der Waals surface area contributed by atoms with Crippen LogP contribution in [0.3, 0.4) is 0 Å². The summed E-state index contributed by atoms with van der Waals surface area (Å²) in [6, 6.07) is 9.31. The van der Waals surface area contributed by atoms with Gasteiger partial charge in [0.15, 0.2) is 0 Å². The zero-order valence-corrected chi connectivity index (χ0v) is 13.0. The topological polar surface area (TPSA) is 30.5 Å². The van der Waals surface area contributed by atoms with Crippen molar-refractivity contribution >= 4 is 0 Å². The van der Waals surface area contributed by atoms with Crippen LogP contribution in [-0.2, 0) is 15.9 Å². The van der Waals surface area contributed by atoms with Gasteiger partial charge in [-0.3, -0.25) is 0 Å². The summed E-state index contributed by atoms with van der Waals surface area (Å²) in [6.07, 6.45) is 4.73. The van der Waals surface area contributed by atoms with Crippen LogP contribution in [0.5, 0.6) is 0 Å². The van der Waals surface area contributed by atoms with Gasteiger partial charge in [-0.1, -0.05) is 31.2 Å². The molecule has 3 rings (SSSR count). The zero-order chi connectivity index (χ0) is 14.5. The molecule has 1 saturated heterocycles. The number of rotatable bonds is 5. The zero-order valence-electron chi connectivity index (χ0n) is 13.0. The van der Waals surface area contributed by atoms with Gasteiger partial charge in [0, 0.05) is 19.3 Å². The third-order valence-corrected chi connectivity index (χ3v) is 4.86. The SMILES string of the molecule is CCNC(CC1OCCc2ccccc21)C1CCOCC1. The molecule has 116 valence electrons. The van der Waals surface area contributed by atoms with E-state index in [1.54, 1.807) is 0 Å². The summed E-state index contributed by atoms with van der Waals surface area (Å²) in [6.45, 7) is 5.90. The van der Waals surface area contributed by atoms with Crippen molar-refractivity contribution in [1.82, 2.24) is 5.32 Å². The van der Waals surface area contributed by atoms with Crippen molar-refractivity contribution in [3.05, 3.63) is 35.4 Å². The van der Waals surface area contributed by atoms with Gasteiger partial charge < -0.3 is 14.8 Å². The minimum absolute atomic E-state index is 0.252. The van der Waals surface area contributed by atoms with Crippen LogP contribution in [-0.4, -0.2) is 32.4 Å². The van der Waals surface area contributed by atoms with Crippen molar-refractivity contribution in [2.75, 3.05) is 26.4 Å². The largest absolute Gasteiger partial charge is 0.381 e. The van der Waals surface area contributed by atoms with Crippen LogP contribution in [0.15, 0.2) is 24.3 Å². The van der Waals surface area contributed by atoms with E-state index >= 15 is 0 Å². The second-order valence-electron chi connectivity index (χ2n) is 6.16. The summed E-state index contributed by atoms with van der Waals surface area (Å²) in [4.78, 5) is 0. The number of hydrogen-bond donors (Lipinski definition) is 1. The predicted molar refractivity (Wildman–Crippen MR) is 84.5 cm³/mol. The normalized spacial score (nSPS) is 24.5. The quantitative estimate of drug-likeness (QED) is 0.903. The van der Waals surface area contributed by atoms with Gasteiger partial charge in [0.1, 0.15) is 0 Å². The molecule has 0 bridgehead atoms. The van der Waals surface area contributed by atoms with Crippen LogP contribution >= 0.6 is 0 Å². The Labute approximate surface area is 128 Å². The van der Waals surface area contributed by atoms with E-state index < -0.39 is 0 Å². The maximum absolute atomic E-state index is 6.10. The van der Waals surface area contributed by atoms with Crippen molar-refractivity contribution in [2.45, 2.75) is 44.8 Å². The fourth-order valence-corrected chi connectivity index (χ4v) is 3.73. The van der Waals surface area contributed by atoms with Crippen molar-refractivity contribution in [3.63, 3.8) is 0 Å². The van der Waals surface area contributed by atoms with Crippen molar-refractivity contribution in [1.29, 1.82) is 0 Å². The molecule has 0 spiro atoms. The molecule has 21 heavy (non-hydrogen) atoms. The Kier molecular flexibility index (Phi) is 5.28. The molecule has 0 aliphatic carbocycles. The molecule has 3 nitrogen and oxygen atoms in total. The molecule has 1 fully saturated rings. The molecular formula is C18H27NO2. The third kappa shape index (κ3) is 3.65. The molecule has 1 aromatic carbocycles. The van der Waals surface area contributed by atoms with Gasteiger partial charge >= 0.3 is 0 Å². The van der Waals surface area contributed by atoms with Gasteiger partial charge in [0.25, 0.3) is 0 Å². The molecule has 3 heteroatoms. The lowest BCUT2D eigenvalue weighted by Gasteiger charge is -2.35. The Morgan fingerprint density at radius 2 is 2.00 bits per heavy atom. The van der Waals surface area contributed by atoms with Gasteiger partial charge in [0.05, 0.1) is 12.7 Å². The summed E-state index contributed by atoms with van der Waals surface area (Å²) in [5.41, 5.74) is 2.87. The van der Waals surface area contributed by atoms with Crippen molar-refractivity contribution < 1.29 is 9.47 Å². The number of nitrogens with one attached hydrogen (secondary N) is 1. The number of ether oxygens (including phenoxy) is 2. The molecule has 2 heterocycles. The number of fused-ring (bicyclic) bond motifs is 1. The van der Waals surface area contributed by atoms with E-state index in [0.29, 0.717) is 6.04 Å². The summed E-state index contributed by atoms with van der Waals surface area (Å²) < 4.78 is 11.6. The van der Waals surface area contributed by atoms with Gasteiger partial charge in [0.2, 0.25) is 0 Å². The second kappa shape index (κ2) is 7.39. The van der Waals surface area contributed by atoms with Gasteiger partial charge in [-0.15, -0.1) is 0 Å². The lowest BCUT2D eigenvalue weighted by Crippen LogP contribution is -2.40. The van der Waals surface area contributed by atoms with E-state index in [2.05, 4.69) is 36.5 Å². The van der Waals surface area contributed by atoms with Gasteiger partial charge in [-0.25, -0.2) is 0 Å². The minimum Gasteiger partial charge on any atom is -0.381 e. The summed E-state index contributed by atoms with van der Waals surface area (Å²) >= 11 is 0. The predicted octanol–water partition coefficient (Wildman–Crippen LogP) is 3.10. The highest BCUT2D eigenvalue weighted by Crippen LogP contribution is 2.33. The third-order valence-electron chi connectivity index (χ3n) is 4.86. The molecule has 0 saturated carbocycles. The lowest BCUT2D eigenvalue weighted by molar-refractivity contribution is 0.00908. The van der Waals surface area contributed by atoms with Crippen LogP contribution in [0.1, 0.15) is 43.4 Å². The van der Waals surface area contributed by atoms with E-state index in [1.165, 1.54) is 24.0 Å². The summed E-state index contributed by atoms with van der Waals surface area (Å²) in [7, 11) is 0. The van der Waals surface area contributed by atoms with Crippen LogP contribution in [0, 0.1) is 5.92 Å². The molecule has 0 aromatic heterocycles. The number of hydrogen-bond acceptors (Lipinski definition) is 3. The molecule has 0 amide bonds. The first-order valence-electron chi connectivity index (χ1n) is 8.39. The van der Waals surface area contributed by atoms with Crippen LogP contribution < -0.4 is 5.32 Å². The van der Waals surface area contributed by atoms with Crippen LogP contribution in [0.4, 0.5) is 0 Å². The standard InChI is InChI=1S/C18H27NO2/c1-2-19-17(15-7-10-20-11-8-15)13-18-16-6-4-3-5-14(16)9-12-21-18/h3-6,15,17-19H,2,7-13H2,1H3. The van der Waals surface area contributed by atoms with E-state index in [-0.39, 0.29) is 6.10 Å². The van der Waals surface area contributed by atoms with Gasteiger partial charge in [-0.05, 0) is 49.3 Å².